The van der Waals surface area contributed by atoms with Gasteiger partial charge in [-0.15, -0.1) is 0 Å². The lowest BCUT2D eigenvalue weighted by atomic mass is 10.1. The summed E-state index contributed by atoms with van der Waals surface area (Å²) >= 11 is 4.38. The fraction of sp³-hybridized carbons (Fsp3) is 0.286. The van der Waals surface area contributed by atoms with Crippen molar-refractivity contribution in [1.82, 2.24) is 9.88 Å². The van der Waals surface area contributed by atoms with E-state index in [1.54, 1.807) is 6.20 Å². The number of pyridine rings is 1. The summed E-state index contributed by atoms with van der Waals surface area (Å²) in [5.41, 5.74) is 1.17. The smallest absolute Gasteiger partial charge is 0.224 e. The van der Waals surface area contributed by atoms with Crippen LogP contribution < -0.4 is 0 Å². The lowest BCUT2D eigenvalue weighted by Crippen LogP contribution is -2.24. The van der Waals surface area contributed by atoms with Gasteiger partial charge < -0.3 is 4.90 Å². The van der Waals surface area contributed by atoms with Gasteiger partial charge in [-0.25, -0.2) is 0 Å². The summed E-state index contributed by atoms with van der Waals surface area (Å²) in [5, 5.41) is 2.46. The Labute approximate surface area is 111 Å². The van der Waals surface area contributed by atoms with Crippen LogP contribution in [-0.4, -0.2) is 27.6 Å². The molecule has 0 bridgehead atoms. The molecule has 1 atom stereocenters. The van der Waals surface area contributed by atoms with Crippen LogP contribution in [-0.2, 0) is 11.3 Å². The fourth-order valence-electron chi connectivity index (χ4n) is 2.44. The lowest BCUT2D eigenvalue weighted by Gasteiger charge is -2.17. The Morgan fingerprint density at radius 3 is 3.06 bits per heavy atom. The van der Waals surface area contributed by atoms with Gasteiger partial charge in [0.05, 0.1) is 0 Å². The zero-order valence-corrected chi connectivity index (χ0v) is 10.8. The normalized spacial score (nSPS) is 19.7. The number of aromatic nitrogens is 1. The van der Waals surface area contributed by atoms with Gasteiger partial charge in [-0.3, -0.25) is 9.78 Å². The van der Waals surface area contributed by atoms with Gasteiger partial charge in [0.2, 0.25) is 5.91 Å². The standard InChI is InChI=1S/C14H14N2OS/c17-14-6-12(18)9-16(14)8-11-3-1-2-10-7-15-5-4-13(10)11/h1-5,7,12,18H,6,8-9H2. The van der Waals surface area contributed by atoms with E-state index in [2.05, 4.69) is 23.7 Å². The summed E-state index contributed by atoms with van der Waals surface area (Å²) in [6, 6.07) is 8.13. The predicted molar refractivity (Wildman–Crippen MR) is 74.6 cm³/mol. The largest absolute Gasteiger partial charge is 0.337 e. The predicted octanol–water partition coefficient (Wildman–Crippen LogP) is 2.27. The molecular formula is C14H14N2OS. The molecule has 1 unspecified atom stereocenters. The van der Waals surface area contributed by atoms with Gasteiger partial charge in [-0.05, 0) is 17.0 Å². The van der Waals surface area contributed by atoms with Crippen molar-refractivity contribution in [3.05, 3.63) is 42.2 Å². The van der Waals surface area contributed by atoms with Crippen molar-refractivity contribution >= 4 is 29.3 Å². The third-order valence-electron chi connectivity index (χ3n) is 3.33. The monoisotopic (exact) mass is 258 g/mol. The van der Waals surface area contributed by atoms with E-state index in [4.69, 9.17) is 0 Å². The van der Waals surface area contributed by atoms with Crippen LogP contribution in [0.3, 0.4) is 0 Å². The highest BCUT2D eigenvalue weighted by atomic mass is 32.1. The Hall–Kier alpha value is -1.55. The molecule has 3 rings (SSSR count). The lowest BCUT2D eigenvalue weighted by molar-refractivity contribution is -0.128. The molecule has 4 heteroatoms. The molecule has 0 aliphatic carbocycles. The van der Waals surface area contributed by atoms with Gasteiger partial charge in [0, 0.05) is 42.5 Å². The van der Waals surface area contributed by atoms with Crippen molar-refractivity contribution in [2.45, 2.75) is 18.2 Å². The number of hydrogen-bond acceptors (Lipinski definition) is 3. The quantitative estimate of drug-likeness (QED) is 0.838. The highest BCUT2D eigenvalue weighted by molar-refractivity contribution is 7.81. The van der Waals surface area contributed by atoms with Crippen LogP contribution in [0.4, 0.5) is 0 Å². The zero-order valence-electron chi connectivity index (χ0n) is 9.91. The van der Waals surface area contributed by atoms with Gasteiger partial charge in [0.25, 0.3) is 0 Å². The van der Waals surface area contributed by atoms with Crippen molar-refractivity contribution in [2.75, 3.05) is 6.54 Å². The van der Waals surface area contributed by atoms with Gasteiger partial charge in [-0.1, -0.05) is 18.2 Å². The van der Waals surface area contributed by atoms with Crippen LogP contribution in [0, 0.1) is 0 Å². The summed E-state index contributed by atoms with van der Waals surface area (Å²) in [6.07, 6.45) is 4.19. The molecule has 0 radical (unpaired) electrons. The molecule has 2 heterocycles. The summed E-state index contributed by atoms with van der Waals surface area (Å²) in [6.45, 7) is 1.40. The maximum Gasteiger partial charge on any atom is 0.224 e. The molecule has 92 valence electrons. The molecule has 1 amide bonds. The molecule has 1 aromatic carbocycles. The van der Waals surface area contributed by atoms with Crippen molar-refractivity contribution in [2.24, 2.45) is 0 Å². The van der Waals surface area contributed by atoms with E-state index in [1.165, 1.54) is 10.9 Å². The Bertz CT molecular complexity index is 594. The Balaban J connectivity index is 1.93. The molecule has 0 saturated carbocycles. The number of rotatable bonds is 2. The average molecular weight is 258 g/mol. The highest BCUT2D eigenvalue weighted by Gasteiger charge is 2.27. The number of amides is 1. The molecular weight excluding hydrogens is 244 g/mol. The van der Waals surface area contributed by atoms with Crippen molar-refractivity contribution in [1.29, 1.82) is 0 Å². The first-order valence-corrected chi connectivity index (χ1v) is 6.53. The van der Waals surface area contributed by atoms with Crippen molar-refractivity contribution < 1.29 is 4.79 Å². The van der Waals surface area contributed by atoms with E-state index in [-0.39, 0.29) is 11.2 Å². The molecule has 3 nitrogen and oxygen atoms in total. The molecule has 18 heavy (non-hydrogen) atoms. The molecule has 2 aromatic rings. The second kappa shape index (κ2) is 4.61. The number of benzene rings is 1. The number of fused-ring (bicyclic) bond motifs is 1. The second-order valence-corrected chi connectivity index (χ2v) is 5.38. The van der Waals surface area contributed by atoms with E-state index in [9.17, 15) is 4.79 Å². The van der Waals surface area contributed by atoms with Crippen molar-refractivity contribution in [3.8, 4) is 0 Å². The number of likely N-dealkylation sites (tertiary alicyclic amines) is 1. The number of nitrogens with zero attached hydrogens (tertiary/aromatic N) is 2. The number of hydrogen-bond donors (Lipinski definition) is 1. The van der Waals surface area contributed by atoms with Crippen LogP contribution >= 0.6 is 12.6 Å². The maximum atomic E-state index is 11.8. The Morgan fingerprint density at radius 1 is 1.39 bits per heavy atom. The fourth-order valence-corrected chi connectivity index (χ4v) is 2.79. The third kappa shape index (κ3) is 2.08. The molecule has 0 spiro atoms. The van der Waals surface area contributed by atoms with E-state index in [0.29, 0.717) is 13.0 Å². The van der Waals surface area contributed by atoms with E-state index >= 15 is 0 Å². The maximum absolute atomic E-state index is 11.8. The van der Waals surface area contributed by atoms with E-state index in [1.807, 2.05) is 29.3 Å². The van der Waals surface area contributed by atoms with Gasteiger partial charge in [0.15, 0.2) is 0 Å². The zero-order chi connectivity index (χ0) is 12.5. The summed E-state index contributed by atoms with van der Waals surface area (Å²) in [7, 11) is 0. The van der Waals surface area contributed by atoms with Crippen molar-refractivity contribution in [3.63, 3.8) is 0 Å². The summed E-state index contributed by atoms with van der Waals surface area (Å²) in [4.78, 5) is 17.8. The van der Waals surface area contributed by atoms with E-state index in [0.717, 1.165) is 11.9 Å². The topological polar surface area (TPSA) is 33.2 Å². The molecule has 1 aromatic heterocycles. The molecule has 1 saturated heterocycles. The minimum Gasteiger partial charge on any atom is -0.337 e. The first-order chi connectivity index (χ1) is 8.74. The number of carbonyl (C=O) groups excluding carboxylic acids is 1. The van der Waals surface area contributed by atoms with Crippen LogP contribution in [0.5, 0.6) is 0 Å². The van der Waals surface area contributed by atoms with Crippen LogP contribution in [0.25, 0.3) is 10.8 Å². The van der Waals surface area contributed by atoms with Crippen LogP contribution in [0.15, 0.2) is 36.7 Å². The molecule has 1 aliphatic heterocycles. The van der Waals surface area contributed by atoms with Gasteiger partial charge in [0.1, 0.15) is 0 Å². The average Bonchev–Trinajstić information content (AvgIpc) is 2.68. The summed E-state index contributed by atoms with van der Waals surface area (Å²) < 4.78 is 0. The highest BCUT2D eigenvalue weighted by Crippen LogP contribution is 2.23. The summed E-state index contributed by atoms with van der Waals surface area (Å²) in [5.74, 6) is 0.195. The first-order valence-electron chi connectivity index (χ1n) is 6.01. The first kappa shape index (κ1) is 11.5. The molecule has 1 fully saturated rings. The van der Waals surface area contributed by atoms with Gasteiger partial charge >= 0.3 is 0 Å². The van der Waals surface area contributed by atoms with Crippen LogP contribution in [0.2, 0.25) is 0 Å². The van der Waals surface area contributed by atoms with Crippen LogP contribution in [0.1, 0.15) is 12.0 Å². The SMILES string of the molecule is O=C1CC(S)CN1Cc1cccc2cnccc12. The third-order valence-corrected chi connectivity index (χ3v) is 3.67. The number of thiol groups is 1. The Morgan fingerprint density at radius 2 is 2.28 bits per heavy atom. The van der Waals surface area contributed by atoms with Gasteiger partial charge in [-0.2, -0.15) is 12.6 Å². The second-order valence-electron chi connectivity index (χ2n) is 4.65. The minimum atomic E-state index is 0.175. The molecule has 1 aliphatic rings. The Kier molecular flexibility index (Phi) is 2.96. The minimum absolute atomic E-state index is 0.175. The molecule has 0 N–H and O–H groups in total. The van der Waals surface area contributed by atoms with E-state index < -0.39 is 0 Å². The number of carbonyl (C=O) groups is 1.